The number of carbonyl (C=O) groups excluding carboxylic acids is 1. The van der Waals surface area contributed by atoms with Crippen LogP contribution in [0.3, 0.4) is 0 Å². The number of hydrogen-bond acceptors (Lipinski definition) is 5. The van der Waals surface area contributed by atoms with Gasteiger partial charge in [-0.1, -0.05) is 18.2 Å². The Balaban J connectivity index is 1.27. The number of anilines is 2. The number of halogens is 3. The molecule has 1 aliphatic rings. The summed E-state index contributed by atoms with van der Waals surface area (Å²) >= 11 is 0. The minimum Gasteiger partial charge on any atom is -0.371 e. The Hall–Kier alpha value is -3.46. The molecule has 2 N–H and O–H groups in total. The van der Waals surface area contributed by atoms with Crippen molar-refractivity contribution in [2.75, 3.05) is 23.3 Å². The van der Waals surface area contributed by atoms with E-state index in [1.165, 1.54) is 30.7 Å². The molecule has 2 heterocycles. The van der Waals surface area contributed by atoms with Crippen LogP contribution < -0.4 is 15.5 Å². The first kappa shape index (κ1) is 22.7. The highest BCUT2D eigenvalue weighted by Crippen LogP contribution is 2.32. The monoisotopic (exact) mass is 455 g/mol. The molecule has 0 unspecified atom stereocenters. The molecule has 0 bridgehead atoms. The zero-order valence-corrected chi connectivity index (χ0v) is 17.8. The lowest BCUT2D eigenvalue weighted by molar-refractivity contribution is -0.138. The van der Waals surface area contributed by atoms with Crippen molar-refractivity contribution in [3.05, 3.63) is 83.9 Å². The number of carbonyl (C=O) groups is 1. The molecule has 172 valence electrons. The minimum atomic E-state index is -4.35. The van der Waals surface area contributed by atoms with E-state index in [4.69, 9.17) is 0 Å². The molecule has 1 saturated heterocycles. The van der Waals surface area contributed by atoms with Crippen LogP contribution in [0.1, 0.15) is 34.5 Å². The first-order valence-corrected chi connectivity index (χ1v) is 10.7. The number of benzene rings is 2. The summed E-state index contributed by atoms with van der Waals surface area (Å²) < 4.78 is 39.5. The SMILES string of the molecule is O=C(Nc1ccc(N2CCC(NCc3ccccc3C(F)(F)F)CC2)cc1)c1cnccn1. The van der Waals surface area contributed by atoms with Gasteiger partial charge in [-0.05, 0) is 48.7 Å². The quantitative estimate of drug-likeness (QED) is 0.573. The minimum absolute atomic E-state index is 0.160. The molecule has 9 heteroatoms. The molecule has 1 aliphatic heterocycles. The van der Waals surface area contributed by atoms with Gasteiger partial charge >= 0.3 is 6.18 Å². The molecule has 0 atom stereocenters. The number of amides is 1. The number of piperidine rings is 1. The predicted molar refractivity (Wildman–Crippen MR) is 120 cm³/mol. The Bertz CT molecular complexity index is 1070. The molecule has 0 saturated carbocycles. The number of rotatable bonds is 6. The zero-order valence-electron chi connectivity index (χ0n) is 17.8. The second kappa shape index (κ2) is 9.99. The topological polar surface area (TPSA) is 70.2 Å². The first-order chi connectivity index (χ1) is 15.9. The van der Waals surface area contributed by atoms with Gasteiger partial charge in [0.05, 0.1) is 11.8 Å². The summed E-state index contributed by atoms with van der Waals surface area (Å²) in [5.74, 6) is -0.324. The van der Waals surface area contributed by atoms with Crippen LogP contribution in [0.5, 0.6) is 0 Å². The highest BCUT2D eigenvalue weighted by Gasteiger charge is 2.33. The maximum atomic E-state index is 13.2. The van der Waals surface area contributed by atoms with Crippen molar-refractivity contribution in [2.24, 2.45) is 0 Å². The fraction of sp³-hybridized carbons (Fsp3) is 0.292. The zero-order chi connectivity index (χ0) is 23.3. The van der Waals surface area contributed by atoms with Gasteiger partial charge in [0.15, 0.2) is 0 Å². The van der Waals surface area contributed by atoms with Gasteiger partial charge in [-0.3, -0.25) is 9.78 Å². The van der Waals surface area contributed by atoms with E-state index in [1.807, 2.05) is 24.3 Å². The number of hydrogen-bond donors (Lipinski definition) is 2. The van der Waals surface area contributed by atoms with Crippen LogP contribution in [0.15, 0.2) is 67.1 Å². The van der Waals surface area contributed by atoms with Gasteiger partial charge in [-0.15, -0.1) is 0 Å². The smallest absolute Gasteiger partial charge is 0.371 e. The van der Waals surface area contributed by atoms with E-state index in [9.17, 15) is 18.0 Å². The maximum absolute atomic E-state index is 13.2. The first-order valence-electron chi connectivity index (χ1n) is 10.7. The maximum Gasteiger partial charge on any atom is 0.416 e. The van der Waals surface area contributed by atoms with Crippen molar-refractivity contribution in [2.45, 2.75) is 31.6 Å². The van der Waals surface area contributed by atoms with Gasteiger partial charge in [0.25, 0.3) is 5.91 Å². The summed E-state index contributed by atoms with van der Waals surface area (Å²) in [7, 11) is 0. The summed E-state index contributed by atoms with van der Waals surface area (Å²) in [5, 5.41) is 6.08. The van der Waals surface area contributed by atoms with E-state index in [0.29, 0.717) is 5.69 Å². The van der Waals surface area contributed by atoms with E-state index in [1.54, 1.807) is 6.07 Å². The van der Waals surface area contributed by atoms with Crippen molar-refractivity contribution in [3.8, 4) is 0 Å². The van der Waals surface area contributed by atoms with Crippen molar-refractivity contribution in [3.63, 3.8) is 0 Å². The largest absolute Gasteiger partial charge is 0.416 e. The van der Waals surface area contributed by atoms with Gasteiger partial charge in [-0.25, -0.2) is 4.98 Å². The van der Waals surface area contributed by atoms with E-state index in [2.05, 4.69) is 25.5 Å². The molecule has 6 nitrogen and oxygen atoms in total. The lowest BCUT2D eigenvalue weighted by atomic mass is 10.0. The lowest BCUT2D eigenvalue weighted by Gasteiger charge is -2.34. The number of aromatic nitrogens is 2. The summed E-state index contributed by atoms with van der Waals surface area (Å²) in [4.78, 5) is 22.3. The van der Waals surface area contributed by atoms with Crippen molar-refractivity contribution in [1.29, 1.82) is 0 Å². The average Bonchev–Trinajstić information content (AvgIpc) is 2.84. The second-order valence-corrected chi connectivity index (χ2v) is 7.89. The highest BCUT2D eigenvalue weighted by atomic mass is 19.4. The molecule has 1 amide bonds. The van der Waals surface area contributed by atoms with Crippen molar-refractivity contribution in [1.82, 2.24) is 15.3 Å². The van der Waals surface area contributed by atoms with Gasteiger partial charge in [0.1, 0.15) is 5.69 Å². The van der Waals surface area contributed by atoms with Gasteiger partial charge in [-0.2, -0.15) is 13.2 Å². The van der Waals surface area contributed by atoms with Crippen molar-refractivity contribution < 1.29 is 18.0 Å². The third-order valence-corrected chi connectivity index (χ3v) is 5.69. The summed E-state index contributed by atoms with van der Waals surface area (Å²) in [6, 6.07) is 13.4. The molecule has 1 aromatic heterocycles. The Morgan fingerprint density at radius 1 is 1.03 bits per heavy atom. The third kappa shape index (κ3) is 5.87. The van der Waals surface area contributed by atoms with Crippen LogP contribution >= 0.6 is 0 Å². The summed E-state index contributed by atoms with van der Waals surface area (Å²) in [5.41, 5.74) is 1.63. The van der Waals surface area contributed by atoms with Crippen molar-refractivity contribution >= 4 is 17.3 Å². The summed E-state index contributed by atoms with van der Waals surface area (Å²) in [6.07, 6.45) is 1.70. The van der Waals surface area contributed by atoms with Crippen LogP contribution in [0.25, 0.3) is 0 Å². The third-order valence-electron chi connectivity index (χ3n) is 5.69. The standard InChI is InChI=1S/C24H24F3N5O/c25-24(26,27)21-4-2-1-3-17(21)15-30-18-9-13-32(14-10-18)20-7-5-19(6-8-20)31-23(33)22-16-28-11-12-29-22/h1-8,11-12,16,18,30H,9-10,13-15H2,(H,31,33). The predicted octanol–water partition coefficient (Wildman–Crippen LogP) is 4.51. The lowest BCUT2D eigenvalue weighted by Crippen LogP contribution is -2.42. The fourth-order valence-corrected chi connectivity index (χ4v) is 3.91. The van der Waals surface area contributed by atoms with E-state index in [0.717, 1.165) is 37.7 Å². The molecule has 2 aromatic carbocycles. The van der Waals surface area contributed by atoms with Gasteiger partial charge in [0, 0.05) is 49.4 Å². The van der Waals surface area contributed by atoms with E-state index < -0.39 is 11.7 Å². The van der Waals surface area contributed by atoms with E-state index >= 15 is 0 Å². The fourth-order valence-electron chi connectivity index (χ4n) is 3.91. The highest BCUT2D eigenvalue weighted by molar-refractivity contribution is 6.02. The Morgan fingerprint density at radius 3 is 2.42 bits per heavy atom. The number of nitrogens with one attached hydrogen (secondary N) is 2. The van der Waals surface area contributed by atoms with Crippen LogP contribution in [0, 0.1) is 0 Å². The molecular weight excluding hydrogens is 431 g/mol. The summed E-state index contributed by atoms with van der Waals surface area (Å²) in [6.45, 7) is 1.79. The molecule has 3 aromatic rings. The molecule has 0 aliphatic carbocycles. The molecule has 1 fully saturated rings. The van der Waals surface area contributed by atoms with Crippen LogP contribution in [0.4, 0.5) is 24.5 Å². The molecule has 0 radical (unpaired) electrons. The Kier molecular flexibility index (Phi) is 6.88. The van der Waals surface area contributed by atoms with Gasteiger partial charge in [0.2, 0.25) is 0 Å². The molecule has 4 rings (SSSR count). The van der Waals surface area contributed by atoms with Crippen LogP contribution in [-0.2, 0) is 12.7 Å². The molecular formula is C24H24F3N5O. The van der Waals surface area contributed by atoms with E-state index in [-0.39, 0.29) is 29.8 Å². The Morgan fingerprint density at radius 2 is 1.76 bits per heavy atom. The van der Waals surface area contributed by atoms with Crippen LogP contribution in [-0.4, -0.2) is 35.0 Å². The van der Waals surface area contributed by atoms with Gasteiger partial charge < -0.3 is 15.5 Å². The number of alkyl halides is 3. The number of nitrogens with zero attached hydrogens (tertiary/aromatic N) is 3. The second-order valence-electron chi connectivity index (χ2n) is 7.89. The average molecular weight is 455 g/mol. The molecule has 33 heavy (non-hydrogen) atoms. The molecule has 0 spiro atoms. The Labute approximate surface area is 189 Å². The van der Waals surface area contributed by atoms with Crippen LogP contribution in [0.2, 0.25) is 0 Å². The normalized spacial score (nSPS) is 14.8.